The molecule has 0 aromatic rings. The zero-order chi connectivity index (χ0) is 13.9. The van der Waals surface area contributed by atoms with Crippen molar-refractivity contribution in [2.75, 3.05) is 20.8 Å². The summed E-state index contributed by atoms with van der Waals surface area (Å²) in [6.45, 7) is 6.21. The second-order valence-corrected chi connectivity index (χ2v) is 5.36. The molecule has 0 bridgehead atoms. The molecule has 0 aromatic heterocycles. The van der Waals surface area contributed by atoms with E-state index in [1.165, 1.54) is 19.1 Å². The quantitative estimate of drug-likeness (QED) is 0.701. The van der Waals surface area contributed by atoms with Gasteiger partial charge in [-0.15, -0.1) is 0 Å². The van der Waals surface area contributed by atoms with Gasteiger partial charge in [-0.05, 0) is 0 Å². The Bertz CT molecular complexity index is 323. The monoisotopic (exact) mass is 259 g/mol. The fourth-order valence-corrected chi connectivity index (χ4v) is 2.00. The number of ether oxygens (including phenoxy) is 3. The average molecular weight is 259 g/mol. The Balaban J connectivity index is 2.87. The third kappa shape index (κ3) is 3.13. The molecule has 104 valence electrons. The van der Waals surface area contributed by atoms with Gasteiger partial charge in [0.15, 0.2) is 0 Å². The van der Waals surface area contributed by atoms with Gasteiger partial charge in [0.2, 0.25) is 0 Å². The molecule has 0 radical (unpaired) electrons. The molecule has 0 unspecified atom stereocenters. The van der Waals surface area contributed by atoms with Gasteiger partial charge < -0.3 is 14.2 Å². The highest BCUT2D eigenvalue weighted by Gasteiger charge is 2.45. The molecule has 1 aliphatic rings. The average Bonchev–Trinajstić information content (AvgIpc) is 2.71. The Morgan fingerprint density at radius 3 is 2.33 bits per heavy atom. The Kier molecular flexibility index (Phi) is 4.56. The van der Waals surface area contributed by atoms with Crippen LogP contribution in [0, 0.1) is 5.41 Å². The smallest absolute Gasteiger partial charge is 0.411 e. The van der Waals surface area contributed by atoms with E-state index in [0.29, 0.717) is 6.61 Å². The first-order valence-electron chi connectivity index (χ1n) is 5.86. The van der Waals surface area contributed by atoms with Crippen molar-refractivity contribution in [3.63, 3.8) is 0 Å². The van der Waals surface area contributed by atoms with E-state index in [1.54, 1.807) is 0 Å². The molecule has 0 spiro atoms. The van der Waals surface area contributed by atoms with Crippen molar-refractivity contribution in [3.05, 3.63) is 0 Å². The number of esters is 1. The topological polar surface area (TPSA) is 65.1 Å². The van der Waals surface area contributed by atoms with E-state index < -0.39 is 12.3 Å². The van der Waals surface area contributed by atoms with E-state index in [-0.39, 0.29) is 23.8 Å². The summed E-state index contributed by atoms with van der Waals surface area (Å²) in [6, 6.07) is -0.339. The van der Waals surface area contributed by atoms with Crippen molar-refractivity contribution in [2.45, 2.75) is 39.5 Å². The van der Waals surface area contributed by atoms with E-state index in [0.717, 1.165) is 0 Å². The molecule has 1 amide bonds. The van der Waals surface area contributed by atoms with Crippen LogP contribution in [-0.2, 0) is 19.0 Å². The Morgan fingerprint density at radius 2 is 1.89 bits per heavy atom. The van der Waals surface area contributed by atoms with Gasteiger partial charge in [0.25, 0.3) is 0 Å². The molecule has 1 saturated heterocycles. The highest BCUT2D eigenvalue weighted by Crippen LogP contribution is 2.33. The molecule has 1 heterocycles. The second-order valence-electron chi connectivity index (χ2n) is 5.36. The van der Waals surface area contributed by atoms with Crippen LogP contribution in [0.4, 0.5) is 4.79 Å². The van der Waals surface area contributed by atoms with Gasteiger partial charge in [-0.1, -0.05) is 20.8 Å². The van der Waals surface area contributed by atoms with Crippen LogP contribution in [0.5, 0.6) is 0 Å². The minimum atomic E-state index is -0.485. The number of rotatable bonds is 2. The van der Waals surface area contributed by atoms with E-state index in [2.05, 4.69) is 4.74 Å². The van der Waals surface area contributed by atoms with Crippen LogP contribution >= 0.6 is 0 Å². The van der Waals surface area contributed by atoms with Crippen LogP contribution in [0.1, 0.15) is 27.2 Å². The molecular weight excluding hydrogens is 238 g/mol. The summed E-state index contributed by atoms with van der Waals surface area (Å²) in [5, 5.41) is 0. The number of carbonyl (C=O) groups is 2. The van der Waals surface area contributed by atoms with Gasteiger partial charge in [0, 0.05) is 5.41 Å². The summed E-state index contributed by atoms with van der Waals surface area (Å²) in [7, 11) is 2.64. The molecule has 6 nitrogen and oxygen atoms in total. The number of amides is 1. The van der Waals surface area contributed by atoms with Gasteiger partial charge in [-0.3, -0.25) is 9.69 Å². The molecule has 0 aliphatic carbocycles. The summed E-state index contributed by atoms with van der Waals surface area (Å²) in [6.07, 6.45) is -0.779. The minimum Gasteiger partial charge on any atom is -0.469 e. The first-order chi connectivity index (χ1) is 8.31. The van der Waals surface area contributed by atoms with Crippen molar-refractivity contribution in [1.29, 1.82) is 0 Å². The van der Waals surface area contributed by atoms with Crippen molar-refractivity contribution in [2.24, 2.45) is 5.41 Å². The molecule has 1 aliphatic heterocycles. The normalized spacial score (nSPS) is 23.9. The second kappa shape index (κ2) is 5.56. The summed E-state index contributed by atoms with van der Waals surface area (Å²) >= 11 is 0. The van der Waals surface area contributed by atoms with Crippen molar-refractivity contribution in [3.8, 4) is 0 Å². The summed E-state index contributed by atoms with van der Waals surface area (Å²) in [5.74, 6) is -0.368. The summed E-state index contributed by atoms with van der Waals surface area (Å²) in [4.78, 5) is 24.6. The van der Waals surface area contributed by atoms with E-state index in [1.807, 2.05) is 20.8 Å². The third-order valence-corrected chi connectivity index (χ3v) is 2.85. The number of carbonyl (C=O) groups excluding carboxylic acids is 2. The lowest BCUT2D eigenvalue weighted by molar-refractivity contribution is -0.141. The van der Waals surface area contributed by atoms with Crippen molar-refractivity contribution >= 4 is 12.1 Å². The van der Waals surface area contributed by atoms with E-state index >= 15 is 0 Å². The molecule has 1 fully saturated rings. The predicted molar refractivity (Wildman–Crippen MR) is 63.9 cm³/mol. The maximum absolute atomic E-state index is 11.8. The fourth-order valence-electron chi connectivity index (χ4n) is 2.00. The van der Waals surface area contributed by atoms with Gasteiger partial charge in [0.05, 0.1) is 33.3 Å². The molecule has 0 saturated carbocycles. The van der Waals surface area contributed by atoms with Crippen LogP contribution in [0.2, 0.25) is 0 Å². The van der Waals surface area contributed by atoms with Gasteiger partial charge >= 0.3 is 12.1 Å². The number of hydrogen-bond acceptors (Lipinski definition) is 5. The SMILES string of the molecule is COC(=O)C[C@@H]1CO[C@H](C(C)(C)C)N1C(=O)OC. The minimum absolute atomic E-state index is 0.109. The maximum Gasteiger partial charge on any atom is 0.411 e. The van der Waals surface area contributed by atoms with Gasteiger partial charge in [0.1, 0.15) is 6.23 Å². The maximum atomic E-state index is 11.8. The largest absolute Gasteiger partial charge is 0.469 e. The molecule has 2 atom stereocenters. The fraction of sp³-hybridized carbons (Fsp3) is 0.833. The predicted octanol–water partition coefficient (Wildman–Crippen LogP) is 1.39. The van der Waals surface area contributed by atoms with Crippen LogP contribution < -0.4 is 0 Å². The zero-order valence-electron chi connectivity index (χ0n) is 11.6. The highest BCUT2D eigenvalue weighted by atomic mass is 16.6. The Labute approximate surface area is 107 Å². The van der Waals surface area contributed by atoms with E-state index in [9.17, 15) is 9.59 Å². The lowest BCUT2D eigenvalue weighted by atomic mass is 9.93. The van der Waals surface area contributed by atoms with Crippen molar-refractivity contribution < 1.29 is 23.8 Å². The molecule has 6 heteroatoms. The van der Waals surface area contributed by atoms with Crippen LogP contribution in [0.15, 0.2) is 0 Å². The lowest BCUT2D eigenvalue weighted by Gasteiger charge is -2.34. The third-order valence-electron chi connectivity index (χ3n) is 2.85. The van der Waals surface area contributed by atoms with Crippen LogP contribution in [0.25, 0.3) is 0 Å². The zero-order valence-corrected chi connectivity index (χ0v) is 11.6. The van der Waals surface area contributed by atoms with Crippen molar-refractivity contribution in [1.82, 2.24) is 4.90 Å². The lowest BCUT2D eigenvalue weighted by Crippen LogP contribution is -2.48. The highest BCUT2D eigenvalue weighted by molar-refractivity contribution is 5.73. The summed E-state index contributed by atoms with van der Waals surface area (Å²) < 4.78 is 15.0. The molecule has 18 heavy (non-hydrogen) atoms. The first-order valence-corrected chi connectivity index (χ1v) is 5.86. The number of hydrogen-bond donors (Lipinski definition) is 0. The number of nitrogens with zero attached hydrogens (tertiary/aromatic N) is 1. The number of methoxy groups -OCH3 is 2. The van der Waals surface area contributed by atoms with Crippen LogP contribution in [-0.4, -0.2) is 50.1 Å². The molecule has 0 aromatic carbocycles. The molecule has 0 N–H and O–H groups in total. The Morgan fingerprint density at radius 1 is 1.28 bits per heavy atom. The molecule has 1 rings (SSSR count). The van der Waals surface area contributed by atoms with E-state index in [4.69, 9.17) is 9.47 Å². The molecular formula is C12H21NO5. The standard InChI is InChI=1S/C12H21NO5/c1-12(2,3)10-13(11(15)17-5)8(7-18-10)6-9(14)16-4/h8,10H,6-7H2,1-5H3/t8-,10-/m1/s1. The van der Waals surface area contributed by atoms with Gasteiger partial charge in [-0.25, -0.2) is 4.79 Å². The van der Waals surface area contributed by atoms with Gasteiger partial charge in [-0.2, -0.15) is 0 Å². The van der Waals surface area contributed by atoms with Crippen LogP contribution in [0.3, 0.4) is 0 Å². The Hall–Kier alpha value is -1.30. The summed E-state index contributed by atoms with van der Waals surface area (Å²) in [5.41, 5.74) is -0.251. The first kappa shape index (κ1) is 14.8.